The van der Waals surface area contributed by atoms with Gasteiger partial charge in [-0.15, -0.1) is 5.10 Å². The first kappa shape index (κ1) is 18.3. The molecule has 2 heterocycles. The molecule has 0 unspecified atom stereocenters. The van der Waals surface area contributed by atoms with Gasteiger partial charge in [0.2, 0.25) is 5.95 Å². The highest BCUT2D eigenvalue weighted by atomic mass is 35.5. The Morgan fingerprint density at radius 3 is 2.58 bits per heavy atom. The maximum atomic E-state index is 14.1. The van der Waals surface area contributed by atoms with Crippen LogP contribution in [-0.2, 0) is 10.9 Å². The lowest BCUT2D eigenvalue weighted by Crippen LogP contribution is -2.12. The van der Waals surface area contributed by atoms with Gasteiger partial charge in [0.1, 0.15) is 5.15 Å². The monoisotopic (exact) mass is 393 g/mol. The number of hydrogen-bond acceptors (Lipinski definition) is 4. The van der Waals surface area contributed by atoms with Crippen LogP contribution < -0.4 is 4.74 Å². The molecule has 2 aromatic heterocycles. The van der Waals surface area contributed by atoms with Gasteiger partial charge < -0.3 is 9.47 Å². The van der Waals surface area contributed by atoms with Crippen LogP contribution in [0.5, 0.6) is 5.75 Å². The van der Waals surface area contributed by atoms with E-state index in [4.69, 9.17) is 16.3 Å². The summed E-state index contributed by atoms with van der Waals surface area (Å²) in [5, 5.41) is 3.48. The molecule has 0 atom stereocenters. The number of rotatable bonds is 4. The SMILES string of the molecule is COCOc1cc(-n2nc(F)c3cc(Cl)ncc32)cc(C(F)(F)F)c1F. The minimum Gasteiger partial charge on any atom is -0.464 e. The van der Waals surface area contributed by atoms with E-state index in [0.29, 0.717) is 6.07 Å². The van der Waals surface area contributed by atoms with Crippen LogP contribution in [0.4, 0.5) is 22.0 Å². The van der Waals surface area contributed by atoms with E-state index >= 15 is 0 Å². The molecular weight excluding hydrogens is 385 g/mol. The summed E-state index contributed by atoms with van der Waals surface area (Å²) >= 11 is 5.69. The van der Waals surface area contributed by atoms with Crippen LogP contribution in [0.2, 0.25) is 5.15 Å². The predicted octanol–water partition coefficient (Wildman–Crippen LogP) is 4.35. The molecule has 0 saturated heterocycles. The number of fused-ring (bicyclic) bond motifs is 1. The largest absolute Gasteiger partial charge is 0.464 e. The van der Waals surface area contributed by atoms with Crippen LogP contribution in [0.1, 0.15) is 5.56 Å². The van der Waals surface area contributed by atoms with Gasteiger partial charge in [-0.3, -0.25) is 0 Å². The first-order chi connectivity index (χ1) is 12.2. The summed E-state index contributed by atoms with van der Waals surface area (Å²) in [6, 6.07) is 2.62. The van der Waals surface area contributed by atoms with Crippen molar-refractivity contribution < 1.29 is 31.4 Å². The van der Waals surface area contributed by atoms with E-state index in [9.17, 15) is 22.0 Å². The number of alkyl halides is 3. The molecule has 0 spiro atoms. The number of ether oxygens (including phenoxy) is 2. The molecule has 0 amide bonds. The molecule has 138 valence electrons. The van der Waals surface area contributed by atoms with Crippen molar-refractivity contribution in [3.63, 3.8) is 0 Å². The van der Waals surface area contributed by atoms with E-state index in [2.05, 4.69) is 14.8 Å². The number of pyridine rings is 1. The number of methoxy groups -OCH3 is 1. The minimum absolute atomic E-state index is 0.0184. The zero-order valence-electron chi connectivity index (χ0n) is 12.9. The lowest BCUT2D eigenvalue weighted by molar-refractivity contribution is -0.140. The lowest BCUT2D eigenvalue weighted by atomic mass is 10.1. The van der Waals surface area contributed by atoms with Gasteiger partial charge in [-0.25, -0.2) is 14.1 Å². The summed E-state index contributed by atoms with van der Waals surface area (Å²) in [5.74, 6) is -3.30. The number of nitrogens with zero attached hydrogens (tertiary/aromatic N) is 3. The van der Waals surface area contributed by atoms with Crippen molar-refractivity contribution in [3.05, 3.63) is 46.9 Å². The van der Waals surface area contributed by atoms with E-state index in [0.717, 1.165) is 16.9 Å². The first-order valence-electron chi connectivity index (χ1n) is 6.95. The number of aromatic nitrogens is 3. The van der Waals surface area contributed by atoms with Crippen LogP contribution >= 0.6 is 11.6 Å². The molecule has 0 aliphatic heterocycles. The molecule has 5 nitrogen and oxygen atoms in total. The molecule has 26 heavy (non-hydrogen) atoms. The van der Waals surface area contributed by atoms with Crippen molar-refractivity contribution in [1.82, 2.24) is 14.8 Å². The summed E-state index contributed by atoms with van der Waals surface area (Å²) in [7, 11) is 1.22. The minimum atomic E-state index is -5.01. The number of hydrogen-bond donors (Lipinski definition) is 0. The fourth-order valence-corrected chi connectivity index (χ4v) is 2.45. The van der Waals surface area contributed by atoms with Crippen LogP contribution in [0.25, 0.3) is 16.6 Å². The highest BCUT2D eigenvalue weighted by Crippen LogP contribution is 2.37. The third kappa shape index (κ3) is 3.29. The number of halogens is 6. The Hall–Kier alpha value is -2.46. The van der Waals surface area contributed by atoms with Gasteiger partial charge in [-0.1, -0.05) is 11.6 Å². The summed E-state index contributed by atoms with van der Waals surface area (Å²) < 4.78 is 77.9. The Labute approximate surface area is 147 Å². The zero-order chi connectivity index (χ0) is 19.1. The third-order valence-electron chi connectivity index (χ3n) is 3.39. The summed E-state index contributed by atoms with van der Waals surface area (Å²) in [4.78, 5) is 3.76. The van der Waals surface area contributed by atoms with Gasteiger partial charge in [-0.2, -0.15) is 17.6 Å². The van der Waals surface area contributed by atoms with Crippen LogP contribution in [0, 0.1) is 11.8 Å². The molecule has 1 aromatic carbocycles. The fraction of sp³-hybridized carbons (Fsp3) is 0.200. The molecule has 0 N–H and O–H groups in total. The van der Waals surface area contributed by atoms with E-state index in [1.807, 2.05) is 0 Å². The Balaban J connectivity index is 2.25. The molecule has 3 rings (SSSR count). The van der Waals surface area contributed by atoms with Crippen molar-refractivity contribution >= 4 is 22.5 Å². The van der Waals surface area contributed by atoms with Gasteiger partial charge >= 0.3 is 6.18 Å². The van der Waals surface area contributed by atoms with Gasteiger partial charge in [0.05, 0.1) is 28.4 Å². The molecule has 0 radical (unpaired) electrons. The average Bonchev–Trinajstić information content (AvgIpc) is 2.89. The molecule has 0 saturated carbocycles. The molecule has 3 aromatic rings. The van der Waals surface area contributed by atoms with Gasteiger partial charge in [-0.05, 0) is 12.1 Å². The Morgan fingerprint density at radius 2 is 1.92 bits per heavy atom. The van der Waals surface area contributed by atoms with Gasteiger partial charge in [0.15, 0.2) is 18.4 Å². The first-order valence-corrected chi connectivity index (χ1v) is 7.32. The quantitative estimate of drug-likeness (QED) is 0.375. The van der Waals surface area contributed by atoms with E-state index in [-0.39, 0.29) is 21.7 Å². The summed E-state index contributed by atoms with van der Waals surface area (Å²) in [5.41, 5.74) is -1.82. The molecule has 0 bridgehead atoms. The lowest BCUT2D eigenvalue weighted by Gasteiger charge is -2.15. The zero-order valence-corrected chi connectivity index (χ0v) is 13.7. The molecular formula is C15H9ClF5N3O2. The second-order valence-corrected chi connectivity index (χ2v) is 5.47. The highest BCUT2D eigenvalue weighted by molar-refractivity contribution is 6.30. The summed E-state index contributed by atoms with van der Waals surface area (Å²) in [6.45, 7) is -0.483. The highest BCUT2D eigenvalue weighted by Gasteiger charge is 2.36. The molecule has 0 aliphatic rings. The van der Waals surface area contributed by atoms with Gasteiger partial charge in [0, 0.05) is 13.2 Å². The topological polar surface area (TPSA) is 49.2 Å². The van der Waals surface area contributed by atoms with Crippen LogP contribution in [0.3, 0.4) is 0 Å². The van der Waals surface area contributed by atoms with Crippen LogP contribution in [-0.4, -0.2) is 28.7 Å². The van der Waals surface area contributed by atoms with Gasteiger partial charge in [0.25, 0.3) is 0 Å². The smallest absolute Gasteiger partial charge is 0.419 e. The molecule has 0 aliphatic carbocycles. The van der Waals surface area contributed by atoms with Crippen molar-refractivity contribution in [2.24, 2.45) is 0 Å². The standard InChI is InChI=1S/C15H9ClF5N3O2/c1-25-6-26-11-3-7(2-9(13(11)17)15(19,20)21)24-10-5-22-12(16)4-8(10)14(18)23-24/h2-5H,6H2,1H3. The van der Waals surface area contributed by atoms with Crippen molar-refractivity contribution in [1.29, 1.82) is 0 Å². The fourth-order valence-electron chi connectivity index (χ4n) is 2.29. The summed E-state index contributed by atoms with van der Waals surface area (Å²) in [6.07, 6.45) is -3.87. The molecule has 0 fully saturated rings. The maximum absolute atomic E-state index is 14.1. The van der Waals surface area contributed by atoms with E-state index in [1.54, 1.807) is 0 Å². The Kier molecular flexibility index (Phi) is 4.72. The van der Waals surface area contributed by atoms with E-state index in [1.165, 1.54) is 13.2 Å². The number of benzene rings is 1. The molecule has 11 heteroatoms. The second kappa shape index (κ2) is 6.69. The van der Waals surface area contributed by atoms with Crippen molar-refractivity contribution in [2.45, 2.75) is 6.18 Å². The second-order valence-electron chi connectivity index (χ2n) is 5.08. The predicted molar refractivity (Wildman–Crippen MR) is 81.3 cm³/mol. The van der Waals surface area contributed by atoms with Crippen LogP contribution in [0.15, 0.2) is 24.4 Å². The Morgan fingerprint density at radius 1 is 1.19 bits per heavy atom. The maximum Gasteiger partial charge on any atom is 0.419 e. The normalized spacial score (nSPS) is 12.0. The third-order valence-corrected chi connectivity index (χ3v) is 3.60. The Bertz CT molecular complexity index is 974. The average molecular weight is 394 g/mol. The van der Waals surface area contributed by atoms with Crippen molar-refractivity contribution in [3.8, 4) is 11.4 Å². The van der Waals surface area contributed by atoms with Crippen molar-refractivity contribution in [2.75, 3.05) is 13.9 Å². The van der Waals surface area contributed by atoms with E-state index < -0.39 is 36.0 Å².